The summed E-state index contributed by atoms with van der Waals surface area (Å²) in [6, 6.07) is 0. The Hall–Kier alpha value is -0.0800. The summed E-state index contributed by atoms with van der Waals surface area (Å²) in [6.07, 6.45) is 8.92. The van der Waals surface area contributed by atoms with E-state index in [1.807, 2.05) is 0 Å². The average molecular weight is 227 g/mol. The predicted molar refractivity (Wildman–Crippen MR) is 69.6 cm³/mol. The average Bonchev–Trinajstić information content (AvgIpc) is 2.35. The monoisotopic (exact) mass is 227 g/mol. The van der Waals surface area contributed by atoms with Crippen LogP contribution >= 0.6 is 0 Å². The zero-order valence-corrected chi connectivity index (χ0v) is 11.1. The molecular weight excluding hydrogens is 198 g/mol. The molecule has 1 N–H and O–H groups in total. The van der Waals surface area contributed by atoms with Gasteiger partial charge in [0.2, 0.25) is 0 Å². The van der Waals surface area contributed by atoms with Crippen LogP contribution in [-0.2, 0) is 0 Å². The second kappa shape index (κ2) is 8.08. The highest BCUT2D eigenvalue weighted by Crippen LogP contribution is 2.26. The SMILES string of the molecule is CCCCN(CC)CC(O)C1CCCCC1. The Balaban J connectivity index is 2.26. The van der Waals surface area contributed by atoms with Crippen molar-refractivity contribution in [2.24, 2.45) is 5.92 Å². The van der Waals surface area contributed by atoms with Gasteiger partial charge >= 0.3 is 0 Å². The zero-order valence-electron chi connectivity index (χ0n) is 11.1. The Bertz CT molecular complexity index is 166. The van der Waals surface area contributed by atoms with Crippen molar-refractivity contribution in [1.29, 1.82) is 0 Å². The van der Waals surface area contributed by atoms with Gasteiger partial charge in [0.15, 0.2) is 0 Å². The zero-order chi connectivity index (χ0) is 11.8. The van der Waals surface area contributed by atoms with Gasteiger partial charge in [-0.3, -0.25) is 0 Å². The lowest BCUT2D eigenvalue weighted by Crippen LogP contribution is -2.37. The fourth-order valence-electron chi connectivity index (χ4n) is 2.69. The van der Waals surface area contributed by atoms with Gasteiger partial charge in [-0.05, 0) is 38.3 Å². The maximum atomic E-state index is 10.2. The van der Waals surface area contributed by atoms with Crippen molar-refractivity contribution in [1.82, 2.24) is 4.90 Å². The third-order valence-electron chi connectivity index (χ3n) is 3.91. The van der Waals surface area contributed by atoms with Gasteiger partial charge in [-0.1, -0.05) is 39.5 Å². The van der Waals surface area contributed by atoms with E-state index in [9.17, 15) is 5.11 Å². The summed E-state index contributed by atoms with van der Waals surface area (Å²) in [5.41, 5.74) is 0. The highest BCUT2D eigenvalue weighted by molar-refractivity contribution is 4.75. The molecule has 0 amide bonds. The van der Waals surface area contributed by atoms with Crippen molar-refractivity contribution in [3.05, 3.63) is 0 Å². The van der Waals surface area contributed by atoms with Crippen molar-refractivity contribution in [2.45, 2.75) is 64.9 Å². The first-order valence-corrected chi connectivity index (χ1v) is 7.18. The summed E-state index contributed by atoms with van der Waals surface area (Å²) in [4.78, 5) is 2.41. The Morgan fingerprint density at radius 2 is 1.88 bits per heavy atom. The number of likely N-dealkylation sites (N-methyl/N-ethyl adjacent to an activating group) is 1. The van der Waals surface area contributed by atoms with E-state index in [1.165, 1.54) is 44.9 Å². The number of aliphatic hydroxyl groups excluding tert-OH is 1. The van der Waals surface area contributed by atoms with Gasteiger partial charge in [-0.2, -0.15) is 0 Å². The van der Waals surface area contributed by atoms with E-state index < -0.39 is 0 Å². The van der Waals surface area contributed by atoms with E-state index in [2.05, 4.69) is 18.7 Å². The minimum Gasteiger partial charge on any atom is -0.392 e. The van der Waals surface area contributed by atoms with E-state index in [1.54, 1.807) is 0 Å². The first-order chi connectivity index (χ1) is 7.77. The van der Waals surface area contributed by atoms with Crippen LogP contribution in [0.3, 0.4) is 0 Å². The summed E-state index contributed by atoms with van der Waals surface area (Å²) >= 11 is 0. The lowest BCUT2D eigenvalue weighted by atomic mass is 9.85. The largest absolute Gasteiger partial charge is 0.392 e. The molecule has 1 atom stereocenters. The molecule has 1 aliphatic carbocycles. The van der Waals surface area contributed by atoms with E-state index in [4.69, 9.17) is 0 Å². The molecule has 2 heteroatoms. The van der Waals surface area contributed by atoms with Crippen LogP contribution in [0.15, 0.2) is 0 Å². The standard InChI is InChI=1S/C14H29NO/c1-3-5-11-15(4-2)12-14(16)13-9-7-6-8-10-13/h13-14,16H,3-12H2,1-2H3. The summed E-state index contributed by atoms with van der Waals surface area (Å²) in [5, 5.41) is 10.2. The molecule has 2 nitrogen and oxygen atoms in total. The molecule has 0 bridgehead atoms. The van der Waals surface area contributed by atoms with Gasteiger partial charge in [0.1, 0.15) is 0 Å². The van der Waals surface area contributed by atoms with Crippen LogP contribution in [0.5, 0.6) is 0 Å². The number of aliphatic hydroxyl groups is 1. The number of rotatable bonds is 7. The Morgan fingerprint density at radius 1 is 1.19 bits per heavy atom. The lowest BCUT2D eigenvalue weighted by molar-refractivity contribution is 0.0487. The molecule has 1 saturated carbocycles. The smallest absolute Gasteiger partial charge is 0.0695 e. The topological polar surface area (TPSA) is 23.5 Å². The molecule has 0 spiro atoms. The molecule has 0 saturated heterocycles. The molecule has 1 aliphatic rings. The van der Waals surface area contributed by atoms with E-state index in [-0.39, 0.29) is 6.10 Å². The van der Waals surface area contributed by atoms with Crippen LogP contribution in [0, 0.1) is 5.92 Å². The molecule has 0 aliphatic heterocycles. The van der Waals surface area contributed by atoms with Crippen molar-refractivity contribution in [2.75, 3.05) is 19.6 Å². The van der Waals surface area contributed by atoms with Gasteiger partial charge in [-0.25, -0.2) is 0 Å². The van der Waals surface area contributed by atoms with Crippen molar-refractivity contribution in [3.8, 4) is 0 Å². The van der Waals surface area contributed by atoms with Gasteiger partial charge in [0.05, 0.1) is 6.10 Å². The Morgan fingerprint density at radius 3 is 2.44 bits per heavy atom. The molecule has 1 rings (SSSR count). The van der Waals surface area contributed by atoms with Crippen molar-refractivity contribution in [3.63, 3.8) is 0 Å². The summed E-state index contributed by atoms with van der Waals surface area (Å²) in [7, 11) is 0. The fraction of sp³-hybridized carbons (Fsp3) is 1.00. The summed E-state index contributed by atoms with van der Waals surface area (Å²) in [6.45, 7) is 7.54. The molecule has 0 radical (unpaired) electrons. The quantitative estimate of drug-likeness (QED) is 0.722. The van der Waals surface area contributed by atoms with Gasteiger partial charge in [-0.15, -0.1) is 0 Å². The minimum atomic E-state index is -0.0860. The first kappa shape index (κ1) is 14.0. The van der Waals surface area contributed by atoms with Crippen LogP contribution in [0.1, 0.15) is 58.8 Å². The maximum absolute atomic E-state index is 10.2. The van der Waals surface area contributed by atoms with Crippen LogP contribution in [0.25, 0.3) is 0 Å². The second-order valence-corrected chi connectivity index (χ2v) is 5.21. The van der Waals surface area contributed by atoms with Crippen LogP contribution in [0.4, 0.5) is 0 Å². The minimum absolute atomic E-state index is 0.0860. The third kappa shape index (κ3) is 4.84. The highest BCUT2D eigenvalue weighted by Gasteiger charge is 2.22. The lowest BCUT2D eigenvalue weighted by Gasteiger charge is -2.30. The molecule has 0 heterocycles. The van der Waals surface area contributed by atoms with Crippen LogP contribution in [0.2, 0.25) is 0 Å². The number of unbranched alkanes of at least 4 members (excludes halogenated alkanes) is 1. The van der Waals surface area contributed by atoms with Gasteiger partial charge in [0.25, 0.3) is 0 Å². The molecule has 16 heavy (non-hydrogen) atoms. The normalized spacial score (nSPS) is 20.2. The fourth-order valence-corrected chi connectivity index (χ4v) is 2.69. The molecule has 0 aromatic carbocycles. The van der Waals surface area contributed by atoms with Crippen molar-refractivity contribution < 1.29 is 5.11 Å². The summed E-state index contributed by atoms with van der Waals surface area (Å²) < 4.78 is 0. The van der Waals surface area contributed by atoms with Gasteiger partial charge in [0, 0.05) is 6.54 Å². The second-order valence-electron chi connectivity index (χ2n) is 5.21. The number of hydrogen-bond donors (Lipinski definition) is 1. The Kier molecular flexibility index (Phi) is 7.06. The molecule has 0 aromatic heterocycles. The van der Waals surface area contributed by atoms with Gasteiger partial charge < -0.3 is 10.0 Å². The maximum Gasteiger partial charge on any atom is 0.0695 e. The van der Waals surface area contributed by atoms with Crippen molar-refractivity contribution >= 4 is 0 Å². The van der Waals surface area contributed by atoms with E-state index in [0.717, 1.165) is 19.6 Å². The number of nitrogens with zero attached hydrogens (tertiary/aromatic N) is 1. The molecular formula is C14H29NO. The summed E-state index contributed by atoms with van der Waals surface area (Å²) in [5.74, 6) is 0.574. The van der Waals surface area contributed by atoms with E-state index in [0.29, 0.717) is 5.92 Å². The molecule has 1 fully saturated rings. The molecule has 0 aromatic rings. The Labute approximate surface area is 101 Å². The predicted octanol–water partition coefficient (Wildman–Crippen LogP) is 3.05. The highest BCUT2D eigenvalue weighted by atomic mass is 16.3. The van der Waals surface area contributed by atoms with E-state index >= 15 is 0 Å². The molecule has 96 valence electrons. The number of hydrogen-bond acceptors (Lipinski definition) is 2. The van der Waals surface area contributed by atoms with Crippen LogP contribution < -0.4 is 0 Å². The first-order valence-electron chi connectivity index (χ1n) is 7.18. The molecule has 1 unspecified atom stereocenters. The third-order valence-corrected chi connectivity index (χ3v) is 3.91. The van der Waals surface area contributed by atoms with Crippen LogP contribution in [-0.4, -0.2) is 35.7 Å².